The van der Waals surface area contributed by atoms with Crippen LogP contribution < -0.4 is 11.1 Å². The molecule has 7 nitrogen and oxygen atoms in total. The maximum absolute atomic E-state index is 13.0. The molecule has 1 aliphatic rings. The maximum atomic E-state index is 13.0. The van der Waals surface area contributed by atoms with E-state index < -0.39 is 6.04 Å². The molecule has 1 aromatic heterocycles. The van der Waals surface area contributed by atoms with Crippen molar-refractivity contribution in [2.24, 2.45) is 12.8 Å². The van der Waals surface area contributed by atoms with Crippen LogP contribution in [0.5, 0.6) is 0 Å². The van der Waals surface area contributed by atoms with Crippen molar-refractivity contribution in [2.45, 2.75) is 44.3 Å². The number of rotatable bonds is 10. The number of carbonyl (C=O) groups is 2. The van der Waals surface area contributed by atoms with Gasteiger partial charge in [-0.3, -0.25) is 9.59 Å². The molecule has 1 atom stereocenters. The SMILES string of the molecule is C=CC=C.CCc1nc(SCC(=O)N2CCC[C@H]2C(=O)NC/C(=C\C=C/N)c2ccccc2)n(C)c1C. The van der Waals surface area contributed by atoms with Crippen molar-refractivity contribution in [3.63, 3.8) is 0 Å². The number of aromatic nitrogens is 2. The average molecular weight is 522 g/mol. The number of carbonyl (C=O) groups excluding carboxylic acids is 2. The van der Waals surface area contributed by atoms with Gasteiger partial charge >= 0.3 is 0 Å². The highest BCUT2D eigenvalue weighted by molar-refractivity contribution is 7.99. The molecule has 0 aliphatic carbocycles. The van der Waals surface area contributed by atoms with Crippen LogP contribution in [0.3, 0.4) is 0 Å². The zero-order chi connectivity index (χ0) is 27.2. The van der Waals surface area contributed by atoms with Crippen LogP contribution in [0.15, 0.2) is 79.2 Å². The lowest BCUT2D eigenvalue weighted by atomic mass is 10.1. The van der Waals surface area contributed by atoms with Crippen molar-refractivity contribution in [3.8, 4) is 0 Å². The van der Waals surface area contributed by atoms with Gasteiger partial charge in [-0.1, -0.05) is 80.4 Å². The molecule has 0 unspecified atom stereocenters. The Bertz CT molecular complexity index is 1110. The topological polar surface area (TPSA) is 93.2 Å². The van der Waals surface area contributed by atoms with Gasteiger partial charge in [0.05, 0.1) is 11.4 Å². The summed E-state index contributed by atoms with van der Waals surface area (Å²) in [7, 11) is 1.97. The smallest absolute Gasteiger partial charge is 0.243 e. The van der Waals surface area contributed by atoms with Gasteiger partial charge in [0.2, 0.25) is 11.8 Å². The largest absolute Gasteiger partial charge is 0.405 e. The van der Waals surface area contributed by atoms with Gasteiger partial charge in [-0.2, -0.15) is 0 Å². The van der Waals surface area contributed by atoms with Crippen LogP contribution >= 0.6 is 11.8 Å². The van der Waals surface area contributed by atoms with Crippen molar-refractivity contribution >= 4 is 29.1 Å². The summed E-state index contributed by atoms with van der Waals surface area (Å²) in [5.41, 5.74) is 9.64. The molecule has 2 heterocycles. The Kier molecular flexibility index (Phi) is 12.5. The van der Waals surface area contributed by atoms with Gasteiger partial charge in [0, 0.05) is 25.8 Å². The molecular weight excluding hydrogens is 482 g/mol. The van der Waals surface area contributed by atoms with Gasteiger partial charge in [-0.15, -0.1) is 0 Å². The molecule has 198 valence electrons. The second-order valence-electron chi connectivity index (χ2n) is 8.50. The molecule has 0 bridgehead atoms. The number of amides is 2. The molecule has 3 rings (SSSR count). The first-order valence-corrected chi connectivity index (χ1v) is 13.4. The molecule has 8 heteroatoms. The Hall–Kier alpha value is -3.52. The second-order valence-corrected chi connectivity index (χ2v) is 9.45. The summed E-state index contributed by atoms with van der Waals surface area (Å²) in [6.45, 7) is 11.8. The van der Waals surface area contributed by atoms with Crippen LogP contribution in [0.1, 0.15) is 36.7 Å². The molecule has 1 saturated heterocycles. The summed E-state index contributed by atoms with van der Waals surface area (Å²) >= 11 is 1.43. The standard InChI is InChI=1S/C25H33N5O2S.C4H6/c1-4-21-18(2)29(3)25(28-21)33-17-23(31)30-15-9-13-22(30)24(32)27-16-20(12-8-14-26)19-10-6-5-7-11-19;1-3-4-2/h5-8,10-12,14,22H,4,9,13,15-17,26H2,1-3H3,(H,27,32);3-4H,1-2H2/b14-8-,20-12+;/t22-;/m0./s1. The van der Waals surface area contributed by atoms with Crippen LogP contribution in [0, 0.1) is 6.92 Å². The number of nitrogens with one attached hydrogen (secondary N) is 1. The second kappa shape index (κ2) is 15.6. The van der Waals surface area contributed by atoms with E-state index >= 15 is 0 Å². The van der Waals surface area contributed by atoms with E-state index in [4.69, 9.17) is 5.73 Å². The maximum Gasteiger partial charge on any atom is 0.243 e. The Morgan fingerprint density at radius 2 is 1.95 bits per heavy atom. The highest BCUT2D eigenvalue weighted by Crippen LogP contribution is 2.24. The van der Waals surface area contributed by atoms with Gasteiger partial charge in [-0.05, 0) is 49.6 Å². The Balaban J connectivity index is 0.00000112. The third-order valence-corrected chi connectivity index (χ3v) is 7.16. The van der Waals surface area contributed by atoms with Gasteiger partial charge in [-0.25, -0.2) is 4.98 Å². The molecule has 0 spiro atoms. The monoisotopic (exact) mass is 521 g/mol. The van der Waals surface area contributed by atoms with Crippen molar-refractivity contribution in [1.29, 1.82) is 0 Å². The Labute approximate surface area is 225 Å². The van der Waals surface area contributed by atoms with Crippen LogP contribution in [0.25, 0.3) is 5.57 Å². The summed E-state index contributed by atoms with van der Waals surface area (Å²) < 4.78 is 2.03. The summed E-state index contributed by atoms with van der Waals surface area (Å²) in [6.07, 6.45) is 10.8. The normalized spacial score (nSPS) is 15.3. The van der Waals surface area contributed by atoms with Gasteiger partial charge in [0.15, 0.2) is 5.16 Å². The van der Waals surface area contributed by atoms with Crippen molar-refractivity contribution in [1.82, 2.24) is 19.8 Å². The number of benzene rings is 1. The molecule has 2 aromatic rings. The number of thioether (sulfide) groups is 1. The number of hydrogen-bond donors (Lipinski definition) is 2. The number of likely N-dealkylation sites (tertiary alicyclic amines) is 1. The first-order chi connectivity index (χ1) is 17.9. The van der Waals surface area contributed by atoms with Crippen molar-refractivity contribution in [3.05, 3.63) is 90.9 Å². The average Bonchev–Trinajstić information content (AvgIpc) is 3.53. The van der Waals surface area contributed by atoms with Gasteiger partial charge < -0.3 is 20.5 Å². The van der Waals surface area contributed by atoms with Crippen molar-refractivity contribution < 1.29 is 9.59 Å². The van der Waals surface area contributed by atoms with E-state index in [0.717, 1.165) is 40.5 Å². The molecule has 1 aliphatic heterocycles. The molecule has 37 heavy (non-hydrogen) atoms. The predicted molar refractivity (Wildman–Crippen MR) is 154 cm³/mol. The Morgan fingerprint density at radius 1 is 1.24 bits per heavy atom. The van der Waals surface area contributed by atoms with E-state index in [-0.39, 0.29) is 17.6 Å². The number of nitrogens with two attached hydrogens (primary N) is 1. The number of aryl methyl sites for hydroxylation is 1. The Morgan fingerprint density at radius 3 is 2.54 bits per heavy atom. The quantitative estimate of drug-likeness (QED) is 0.357. The number of imidazole rings is 1. The van der Waals surface area contributed by atoms with Gasteiger partial charge in [0.1, 0.15) is 6.04 Å². The molecular formula is C29H39N5O2S. The number of allylic oxidation sites excluding steroid dienone is 4. The summed E-state index contributed by atoms with van der Waals surface area (Å²) in [5, 5.41) is 3.86. The fourth-order valence-corrected chi connectivity index (χ4v) is 4.92. The molecule has 1 fully saturated rings. The lowest BCUT2D eigenvalue weighted by Gasteiger charge is -2.24. The summed E-state index contributed by atoms with van der Waals surface area (Å²) in [6, 6.07) is 9.42. The van der Waals surface area contributed by atoms with E-state index in [1.807, 2.05) is 54.9 Å². The van der Waals surface area contributed by atoms with Crippen LogP contribution in [-0.4, -0.2) is 51.1 Å². The fraction of sp³-hybridized carbons (Fsp3) is 0.345. The van der Waals surface area contributed by atoms with E-state index in [1.165, 1.54) is 18.0 Å². The first-order valence-electron chi connectivity index (χ1n) is 12.5. The molecule has 0 saturated carbocycles. The van der Waals surface area contributed by atoms with Crippen LogP contribution in [0.2, 0.25) is 0 Å². The van der Waals surface area contributed by atoms with E-state index in [0.29, 0.717) is 19.5 Å². The molecule has 1 aromatic carbocycles. The van der Waals surface area contributed by atoms with E-state index in [9.17, 15) is 9.59 Å². The lowest BCUT2D eigenvalue weighted by molar-refractivity contribution is -0.136. The number of nitrogens with zero attached hydrogens (tertiary/aromatic N) is 3. The zero-order valence-corrected chi connectivity index (χ0v) is 23.0. The minimum absolute atomic E-state index is 0.0266. The molecule has 2 amide bonds. The minimum atomic E-state index is -0.436. The highest BCUT2D eigenvalue weighted by Gasteiger charge is 2.34. The minimum Gasteiger partial charge on any atom is -0.405 e. The predicted octanol–water partition coefficient (Wildman–Crippen LogP) is 4.40. The zero-order valence-electron chi connectivity index (χ0n) is 22.2. The van der Waals surface area contributed by atoms with E-state index in [1.54, 1.807) is 23.1 Å². The summed E-state index contributed by atoms with van der Waals surface area (Å²) in [4.78, 5) is 32.3. The summed E-state index contributed by atoms with van der Waals surface area (Å²) in [5.74, 6) is 0.125. The number of hydrogen-bond acceptors (Lipinski definition) is 5. The van der Waals surface area contributed by atoms with Crippen LogP contribution in [-0.2, 0) is 23.1 Å². The first kappa shape index (κ1) is 29.7. The highest BCUT2D eigenvalue weighted by atomic mass is 32.2. The molecule has 3 N–H and O–H groups in total. The third-order valence-electron chi connectivity index (χ3n) is 6.15. The van der Waals surface area contributed by atoms with Crippen molar-refractivity contribution in [2.75, 3.05) is 18.8 Å². The van der Waals surface area contributed by atoms with Crippen LogP contribution in [0.4, 0.5) is 0 Å². The fourth-order valence-electron chi connectivity index (χ4n) is 4.00. The molecule has 0 radical (unpaired) electrons. The van der Waals surface area contributed by atoms with Gasteiger partial charge in [0.25, 0.3) is 0 Å². The van der Waals surface area contributed by atoms with E-state index in [2.05, 4.69) is 30.4 Å². The lowest BCUT2D eigenvalue weighted by Crippen LogP contribution is -2.46. The third kappa shape index (κ3) is 8.53.